The Balaban J connectivity index is 2.11. The summed E-state index contributed by atoms with van der Waals surface area (Å²) < 4.78 is 13.5. The minimum atomic E-state index is -0.546. The SMILES string of the molecule is Cc1ccc(C(=O)NC(C#N)C2CC2)c(F)c1. The van der Waals surface area contributed by atoms with Crippen molar-refractivity contribution in [3.8, 4) is 6.07 Å². The predicted octanol–water partition coefficient (Wildman–Crippen LogP) is 2.17. The van der Waals surface area contributed by atoms with Gasteiger partial charge in [0.05, 0.1) is 11.6 Å². The predicted molar refractivity (Wildman–Crippen MR) is 60.7 cm³/mol. The van der Waals surface area contributed by atoms with E-state index in [-0.39, 0.29) is 11.5 Å². The lowest BCUT2D eigenvalue weighted by Crippen LogP contribution is -2.35. The van der Waals surface area contributed by atoms with Crippen molar-refractivity contribution in [2.75, 3.05) is 0 Å². The van der Waals surface area contributed by atoms with Gasteiger partial charge in [-0.05, 0) is 43.4 Å². The Morgan fingerprint density at radius 1 is 1.59 bits per heavy atom. The van der Waals surface area contributed by atoms with E-state index in [1.54, 1.807) is 13.0 Å². The highest BCUT2D eigenvalue weighted by Gasteiger charge is 2.32. The maximum Gasteiger partial charge on any atom is 0.255 e. The second-order valence-corrected chi connectivity index (χ2v) is 4.40. The number of halogens is 1. The number of hydrogen-bond acceptors (Lipinski definition) is 2. The molecule has 1 aliphatic carbocycles. The van der Waals surface area contributed by atoms with E-state index in [0.717, 1.165) is 18.4 Å². The van der Waals surface area contributed by atoms with Gasteiger partial charge in [0, 0.05) is 0 Å². The highest BCUT2D eigenvalue weighted by molar-refractivity contribution is 5.94. The van der Waals surface area contributed by atoms with Crippen LogP contribution in [0.4, 0.5) is 4.39 Å². The molecule has 0 saturated heterocycles. The highest BCUT2D eigenvalue weighted by atomic mass is 19.1. The van der Waals surface area contributed by atoms with E-state index in [1.165, 1.54) is 12.1 Å². The topological polar surface area (TPSA) is 52.9 Å². The molecular weight excluding hydrogens is 219 g/mol. The fourth-order valence-corrected chi connectivity index (χ4v) is 1.71. The maximum atomic E-state index is 13.5. The number of carbonyl (C=O) groups excluding carboxylic acids is 1. The quantitative estimate of drug-likeness (QED) is 0.868. The highest BCUT2D eigenvalue weighted by Crippen LogP contribution is 2.32. The van der Waals surface area contributed by atoms with Crippen LogP contribution in [0.15, 0.2) is 18.2 Å². The third-order valence-electron chi connectivity index (χ3n) is 2.89. The lowest BCUT2D eigenvalue weighted by molar-refractivity contribution is 0.0938. The molecule has 1 aromatic carbocycles. The lowest BCUT2D eigenvalue weighted by Gasteiger charge is -2.11. The van der Waals surface area contributed by atoms with Crippen molar-refractivity contribution in [3.05, 3.63) is 35.1 Å². The second-order valence-electron chi connectivity index (χ2n) is 4.40. The Kier molecular flexibility index (Phi) is 3.10. The van der Waals surface area contributed by atoms with Gasteiger partial charge < -0.3 is 5.32 Å². The first-order valence-corrected chi connectivity index (χ1v) is 5.58. The van der Waals surface area contributed by atoms with Crippen molar-refractivity contribution in [2.45, 2.75) is 25.8 Å². The number of aryl methyl sites for hydroxylation is 1. The van der Waals surface area contributed by atoms with Crippen molar-refractivity contribution in [3.63, 3.8) is 0 Å². The molecule has 88 valence electrons. The average molecular weight is 232 g/mol. The number of amides is 1. The van der Waals surface area contributed by atoms with Gasteiger partial charge in [-0.1, -0.05) is 6.07 Å². The van der Waals surface area contributed by atoms with Gasteiger partial charge in [0.1, 0.15) is 11.9 Å². The Morgan fingerprint density at radius 2 is 2.29 bits per heavy atom. The number of nitriles is 1. The summed E-state index contributed by atoms with van der Waals surface area (Å²) in [6, 6.07) is 5.98. The van der Waals surface area contributed by atoms with Crippen LogP contribution in [0.2, 0.25) is 0 Å². The molecule has 1 unspecified atom stereocenters. The van der Waals surface area contributed by atoms with E-state index in [2.05, 4.69) is 5.32 Å². The monoisotopic (exact) mass is 232 g/mol. The van der Waals surface area contributed by atoms with Crippen molar-refractivity contribution in [2.24, 2.45) is 5.92 Å². The molecule has 1 fully saturated rings. The molecule has 0 bridgehead atoms. The molecule has 0 radical (unpaired) electrons. The van der Waals surface area contributed by atoms with Crippen LogP contribution in [0.1, 0.15) is 28.8 Å². The summed E-state index contributed by atoms with van der Waals surface area (Å²) >= 11 is 0. The summed E-state index contributed by atoms with van der Waals surface area (Å²) in [7, 11) is 0. The third-order valence-corrected chi connectivity index (χ3v) is 2.89. The molecule has 0 aromatic heterocycles. The Labute approximate surface area is 99.2 Å². The fourth-order valence-electron chi connectivity index (χ4n) is 1.71. The van der Waals surface area contributed by atoms with Crippen LogP contribution in [0, 0.1) is 30.0 Å². The first-order chi connectivity index (χ1) is 8.11. The van der Waals surface area contributed by atoms with Gasteiger partial charge in [0.25, 0.3) is 5.91 Å². The van der Waals surface area contributed by atoms with Crippen LogP contribution in [0.5, 0.6) is 0 Å². The lowest BCUT2D eigenvalue weighted by atomic mass is 10.1. The molecule has 1 saturated carbocycles. The Morgan fingerprint density at radius 3 is 2.82 bits per heavy atom. The smallest absolute Gasteiger partial charge is 0.255 e. The van der Waals surface area contributed by atoms with E-state index < -0.39 is 17.8 Å². The van der Waals surface area contributed by atoms with Crippen molar-refractivity contribution in [1.82, 2.24) is 5.32 Å². The average Bonchev–Trinajstić information content (AvgIpc) is 3.09. The normalized spacial score (nSPS) is 16.1. The number of rotatable bonds is 3. The van der Waals surface area contributed by atoms with Crippen LogP contribution in [0.3, 0.4) is 0 Å². The molecule has 4 heteroatoms. The van der Waals surface area contributed by atoms with Crippen molar-refractivity contribution < 1.29 is 9.18 Å². The zero-order chi connectivity index (χ0) is 12.4. The number of hydrogen-bond donors (Lipinski definition) is 1. The van der Waals surface area contributed by atoms with Gasteiger partial charge in [-0.15, -0.1) is 0 Å². The summed E-state index contributed by atoms with van der Waals surface area (Å²) in [5.41, 5.74) is 0.759. The van der Waals surface area contributed by atoms with Crippen LogP contribution in [-0.2, 0) is 0 Å². The van der Waals surface area contributed by atoms with E-state index in [4.69, 9.17) is 5.26 Å². The molecule has 2 rings (SSSR count). The zero-order valence-electron chi connectivity index (χ0n) is 9.53. The number of nitrogens with zero attached hydrogens (tertiary/aromatic N) is 1. The molecular formula is C13H13FN2O. The molecule has 1 atom stereocenters. The molecule has 1 aromatic rings. The minimum absolute atomic E-state index is 0.00324. The van der Waals surface area contributed by atoms with Crippen molar-refractivity contribution >= 4 is 5.91 Å². The molecule has 0 heterocycles. The van der Waals surface area contributed by atoms with E-state index in [0.29, 0.717) is 0 Å². The van der Waals surface area contributed by atoms with Crippen LogP contribution < -0.4 is 5.32 Å². The third kappa shape index (κ3) is 2.62. The standard InChI is InChI=1S/C13H13FN2O/c1-8-2-5-10(11(14)6-8)13(17)16-12(7-15)9-3-4-9/h2,5-6,9,12H,3-4H2,1H3,(H,16,17). The molecule has 1 aliphatic rings. The fraction of sp³-hybridized carbons (Fsp3) is 0.385. The van der Waals surface area contributed by atoms with E-state index in [9.17, 15) is 9.18 Å². The second kappa shape index (κ2) is 4.54. The van der Waals surface area contributed by atoms with Gasteiger partial charge in [-0.25, -0.2) is 4.39 Å². The van der Waals surface area contributed by atoms with Crippen molar-refractivity contribution in [1.29, 1.82) is 5.26 Å². The van der Waals surface area contributed by atoms with Crippen LogP contribution in [0.25, 0.3) is 0 Å². The molecule has 1 amide bonds. The summed E-state index contributed by atoms with van der Waals surface area (Å²) in [5, 5.41) is 11.5. The van der Waals surface area contributed by atoms with Gasteiger partial charge in [-0.2, -0.15) is 5.26 Å². The number of benzene rings is 1. The van der Waals surface area contributed by atoms with Gasteiger partial charge in [0.2, 0.25) is 0 Å². The molecule has 1 N–H and O–H groups in total. The Hall–Kier alpha value is -1.89. The number of nitrogens with one attached hydrogen (secondary N) is 1. The first-order valence-electron chi connectivity index (χ1n) is 5.58. The van der Waals surface area contributed by atoms with Crippen LogP contribution >= 0.6 is 0 Å². The maximum absolute atomic E-state index is 13.5. The summed E-state index contributed by atoms with van der Waals surface area (Å²) in [6.45, 7) is 1.76. The minimum Gasteiger partial charge on any atom is -0.336 e. The molecule has 0 spiro atoms. The molecule has 0 aliphatic heterocycles. The van der Waals surface area contributed by atoms with Gasteiger partial charge in [0.15, 0.2) is 0 Å². The van der Waals surface area contributed by atoms with Gasteiger partial charge >= 0.3 is 0 Å². The number of carbonyl (C=O) groups is 1. The van der Waals surface area contributed by atoms with Gasteiger partial charge in [-0.3, -0.25) is 4.79 Å². The summed E-state index contributed by atoms with van der Waals surface area (Å²) in [5.74, 6) is -0.826. The van der Waals surface area contributed by atoms with E-state index in [1.807, 2.05) is 6.07 Å². The van der Waals surface area contributed by atoms with Crippen LogP contribution in [-0.4, -0.2) is 11.9 Å². The Bertz CT molecular complexity index is 489. The van der Waals surface area contributed by atoms with E-state index >= 15 is 0 Å². The molecule has 17 heavy (non-hydrogen) atoms. The first kappa shape index (κ1) is 11.6. The summed E-state index contributed by atoms with van der Waals surface area (Å²) in [4.78, 5) is 11.8. The molecule has 3 nitrogen and oxygen atoms in total. The summed E-state index contributed by atoms with van der Waals surface area (Å²) in [6.07, 6.45) is 1.91. The largest absolute Gasteiger partial charge is 0.336 e. The zero-order valence-corrected chi connectivity index (χ0v) is 9.53.